The van der Waals surface area contributed by atoms with Gasteiger partial charge in [-0.1, -0.05) is 42.5 Å². The Morgan fingerprint density at radius 2 is 1.54 bits per heavy atom. The predicted molar refractivity (Wildman–Crippen MR) is 109 cm³/mol. The Morgan fingerprint density at radius 1 is 0.857 bits per heavy atom. The molecule has 0 radical (unpaired) electrons. The van der Waals surface area contributed by atoms with Gasteiger partial charge in [0.05, 0.1) is 11.4 Å². The molecule has 1 saturated heterocycles. The van der Waals surface area contributed by atoms with Crippen LogP contribution in [0.5, 0.6) is 5.75 Å². The molecule has 3 aromatic rings. The van der Waals surface area contributed by atoms with Crippen LogP contribution in [0.25, 0.3) is 22.5 Å². The zero-order valence-corrected chi connectivity index (χ0v) is 15.5. The Bertz CT molecular complexity index is 969. The van der Waals surface area contributed by atoms with Gasteiger partial charge in [-0.05, 0) is 37.5 Å². The maximum atomic E-state index is 12.4. The number of nitrogen functional groups attached to an aromatic ring is 1. The molecule has 0 aliphatic carbocycles. The van der Waals surface area contributed by atoms with Crippen molar-refractivity contribution in [3.63, 3.8) is 0 Å². The highest BCUT2D eigenvalue weighted by Gasteiger charge is 2.18. The molecule has 0 saturated carbocycles. The first-order chi connectivity index (χ1) is 13.7. The molecular formula is C22H22N4O2. The number of aromatic nitrogens is 2. The van der Waals surface area contributed by atoms with Crippen molar-refractivity contribution in [3.8, 4) is 28.3 Å². The van der Waals surface area contributed by atoms with Crippen LogP contribution in [-0.4, -0.2) is 34.1 Å². The van der Waals surface area contributed by atoms with Crippen LogP contribution >= 0.6 is 0 Å². The molecular weight excluding hydrogens is 352 g/mol. The summed E-state index contributed by atoms with van der Waals surface area (Å²) < 4.78 is 5.57. The van der Waals surface area contributed by atoms with Gasteiger partial charge in [0.1, 0.15) is 5.75 Å². The van der Waals surface area contributed by atoms with E-state index in [1.165, 1.54) is 0 Å². The number of likely N-dealkylation sites (tertiary alicyclic amines) is 1. The van der Waals surface area contributed by atoms with Crippen molar-refractivity contribution in [1.29, 1.82) is 0 Å². The Kier molecular flexibility index (Phi) is 5.19. The standard InChI is InChI=1S/C22H22N4O2/c23-21-24-19(16-8-3-1-4-9-16)15-20(25-21)17-10-7-11-18(14-17)28-22(27)26-12-5-2-6-13-26/h1,3-4,7-11,14-15H,2,5-6,12-13H2,(H2,23,24,25). The van der Waals surface area contributed by atoms with Gasteiger partial charge in [-0.25, -0.2) is 14.8 Å². The van der Waals surface area contributed by atoms with Gasteiger partial charge in [0, 0.05) is 24.2 Å². The first-order valence-electron chi connectivity index (χ1n) is 9.46. The van der Waals surface area contributed by atoms with Gasteiger partial charge < -0.3 is 15.4 Å². The number of carbonyl (C=O) groups excluding carboxylic acids is 1. The quantitative estimate of drug-likeness (QED) is 0.736. The van der Waals surface area contributed by atoms with Crippen LogP contribution in [0.3, 0.4) is 0 Å². The number of benzene rings is 2. The molecule has 1 aliphatic heterocycles. The molecule has 0 atom stereocenters. The predicted octanol–water partition coefficient (Wildman–Crippen LogP) is 4.38. The molecule has 6 heteroatoms. The molecule has 142 valence electrons. The minimum absolute atomic E-state index is 0.201. The number of nitrogens with zero attached hydrogens (tertiary/aromatic N) is 3. The maximum absolute atomic E-state index is 12.4. The summed E-state index contributed by atoms with van der Waals surface area (Å²) in [4.78, 5) is 22.8. The molecule has 4 rings (SSSR count). The second kappa shape index (κ2) is 8.08. The van der Waals surface area contributed by atoms with Gasteiger partial charge >= 0.3 is 6.09 Å². The van der Waals surface area contributed by atoms with E-state index in [0.717, 1.165) is 49.2 Å². The molecule has 6 nitrogen and oxygen atoms in total. The van der Waals surface area contributed by atoms with E-state index in [1.807, 2.05) is 48.5 Å². The summed E-state index contributed by atoms with van der Waals surface area (Å²) in [6.07, 6.45) is 2.91. The zero-order valence-electron chi connectivity index (χ0n) is 15.5. The van der Waals surface area contributed by atoms with Crippen LogP contribution in [0, 0.1) is 0 Å². The van der Waals surface area contributed by atoms with Crippen molar-refractivity contribution in [2.24, 2.45) is 0 Å². The third-order valence-corrected chi connectivity index (χ3v) is 4.76. The zero-order chi connectivity index (χ0) is 19.3. The molecule has 2 aromatic carbocycles. The molecule has 0 spiro atoms. The number of anilines is 1. The Morgan fingerprint density at radius 3 is 2.29 bits per heavy atom. The van der Waals surface area contributed by atoms with Crippen LogP contribution in [0.1, 0.15) is 19.3 Å². The van der Waals surface area contributed by atoms with E-state index in [-0.39, 0.29) is 12.0 Å². The van der Waals surface area contributed by atoms with Crippen molar-refractivity contribution in [3.05, 3.63) is 60.7 Å². The van der Waals surface area contributed by atoms with Gasteiger partial charge in [0.25, 0.3) is 0 Å². The molecule has 1 fully saturated rings. The summed E-state index contributed by atoms with van der Waals surface area (Å²) in [7, 11) is 0. The van der Waals surface area contributed by atoms with E-state index < -0.39 is 0 Å². The van der Waals surface area contributed by atoms with Crippen LogP contribution in [0.15, 0.2) is 60.7 Å². The Labute approximate surface area is 164 Å². The lowest BCUT2D eigenvalue weighted by atomic mass is 10.1. The van der Waals surface area contributed by atoms with Crippen LogP contribution in [-0.2, 0) is 0 Å². The number of piperidine rings is 1. The number of amides is 1. The van der Waals surface area contributed by atoms with Crippen molar-refractivity contribution in [1.82, 2.24) is 14.9 Å². The first kappa shape index (κ1) is 18.0. The highest BCUT2D eigenvalue weighted by Crippen LogP contribution is 2.27. The highest BCUT2D eigenvalue weighted by molar-refractivity contribution is 5.73. The SMILES string of the molecule is Nc1nc(-c2ccccc2)cc(-c2cccc(OC(=O)N3CCCCC3)c2)n1. The van der Waals surface area contributed by atoms with E-state index in [1.54, 1.807) is 17.0 Å². The second-order valence-corrected chi connectivity index (χ2v) is 6.81. The maximum Gasteiger partial charge on any atom is 0.415 e. The molecule has 0 unspecified atom stereocenters. The topological polar surface area (TPSA) is 81.3 Å². The number of hydrogen-bond acceptors (Lipinski definition) is 5. The number of rotatable bonds is 3. The fourth-order valence-electron chi connectivity index (χ4n) is 3.33. The van der Waals surface area contributed by atoms with Crippen LogP contribution in [0.2, 0.25) is 0 Å². The minimum atomic E-state index is -0.302. The van der Waals surface area contributed by atoms with Gasteiger partial charge in [-0.15, -0.1) is 0 Å². The molecule has 1 amide bonds. The fraction of sp³-hybridized carbons (Fsp3) is 0.227. The first-order valence-corrected chi connectivity index (χ1v) is 9.46. The Balaban J connectivity index is 1.59. The normalized spacial score (nSPS) is 13.9. The second-order valence-electron chi connectivity index (χ2n) is 6.81. The van der Waals surface area contributed by atoms with Crippen molar-refractivity contribution >= 4 is 12.0 Å². The molecule has 28 heavy (non-hydrogen) atoms. The van der Waals surface area contributed by atoms with Gasteiger partial charge in [-0.2, -0.15) is 0 Å². The summed E-state index contributed by atoms with van der Waals surface area (Å²) in [5, 5.41) is 0. The van der Waals surface area contributed by atoms with Gasteiger partial charge in [0.2, 0.25) is 5.95 Å². The molecule has 2 heterocycles. The third kappa shape index (κ3) is 4.11. The smallest absolute Gasteiger partial charge is 0.410 e. The molecule has 0 bridgehead atoms. The van der Waals surface area contributed by atoms with Crippen molar-refractivity contribution < 1.29 is 9.53 Å². The number of carbonyl (C=O) groups is 1. The lowest BCUT2D eigenvalue weighted by Gasteiger charge is -2.25. The highest BCUT2D eigenvalue weighted by atomic mass is 16.6. The van der Waals surface area contributed by atoms with Gasteiger partial charge in [-0.3, -0.25) is 0 Å². The largest absolute Gasteiger partial charge is 0.415 e. The number of nitrogens with two attached hydrogens (primary N) is 1. The summed E-state index contributed by atoms with van der Waals surface area (Å²) >= 11 is 0. The average molecular weight is 374 g/mol. The lowest BCUT2D eigenvalue weighted by Crippen LogP contribution is -2.37. The van der Waals surface area contributed by atoms with E-state index in [2.05, 4.69) is 9.97 Å². The molecule has 1 aliphatic rings. The number of ether oxygens (including phenoxy) is 1. The van der Waals surface area contributed by atoms with Crippen LogP contribution < -0.4 is 10.5 Å². The summed E-state index contributed by atoms with van der Waals surface area (Å²) in [6, 6.07) is 19.0. The van der Waals surface area contributed by atoms with E-state index in [4.69, 9.17) is 10.5 Å². The monoisotopic (exact) mass is 374 g/mol. The third-order valence-electron chi connectivity index (χ3n) is 4.76. The molecule has 1 aromatic heterocycles. The Hall–Kier alpha value is -3.41. The van der Waals surface area contributed by atoms with Gasteiger partial charge in [0.15, 0.2) is 0 Å². The van der Waals surface area contributed by atoms with E-state index in [9.17, 15) is 4.79 Å². The molecule has 2 N–H and O–H groups in total. The van der Waals surface area contributed by atoms with Crippen molar-refractivity contribution in [2.45, 2.75) is 19.3 Å². The fourth-order valence-corrected chi connectivity index (χ4v) is 3.33. The average Bonchev–Trinajstić information content (AvgIpc) is 2.75. The van der Waals surface area contributed by atoms with Crippen LogP contribution in [0.4, 0.5) is 10.7 Å². The summed E-state index contributed by atoms with van der Waals surface area (Å²) in [5.74, 6) is 0.693. The summed E-state index contributed by atoms with van der Waals surface area (Å²) in [5.41, 5.74) is 9.15. The minimum Gasteiger partial charge on any atom is -0.410 e. The van der Waals surface area contributed by atoms with E-state index >= 15 is 0 Å². The number of hydrogen-bond donors (Lipinski definition) is 1. The van der Waals surface area contributed by atoms with Crippen molar-refractivity contribution in [2.75, 3.05) is 18.8 Å². The summed E-state index contributed by atoms with van der Waals surface area (Å²) in [6.45, 7) is 1.50. The lowest BCUT2D eigenvalue weighted by molar-refractivity contribution is 0.142. The van der Waals surface area contributed by atoms with E-state index in [0.29, 0.717) is 11.4 Å².